The second kappa shape index (κ2) is 6.97. The lowest BCUT2D eigenvalue weighted by Gasteiger charge is -2.23. The van der Waals surface area contributed by atoms with Crippen LogP contribution in [0.1, 0.15) is 37.1 Å². The van der Waals surface area contributed by atoms with Crippen molar-refractivity contribution in [3.8, 4) is 0 Å². The number of halogens is 4. The summed E-state index contributed by atoms with van der Waals surface area (Å²) in [6, 6.07) is 10.1. The predicted octanol–water partition coefficient (Wildman–Crippen LogP) is 6.20. The van der Waals surface area contributed by atoms with Crippen LogP contribution < -0.4 is 5.32 Å². The van der Waals surface area contributed by atoms with Gasteiger partial charge in [-0.1, -0.05) is 53.0 Å². The standard InChI is InChI=1S/C16H15Cl3FN/c1-9(11-5-3-4-6-12(11)17)21-10(2)15-13(18)7-8-14(20)16(15)19/h3-10,21H,1-2H3. The van der Waals surface area contributed by atoms with Crippen molar-refractivity contribution in [3.63, 3.8) is 0 Å². The number of nitrogens with one attached hydrogen (secondary N) is 1. The zero-order valence-electron chi connectivity index (χ0n) is 11.6. The van der Waals surface area contributed by atoms with Crippen molar-refractivity contribution in [1.29, 1.82) is 0 Å². The molecule has 0 heterocycles. The molecule has 21 heavy (non-hydrogen) atoms. The minimum absolute atomic E-state index is 0.0240. The molecule has 112 valence electrons. The van der Waals surface area contributed by atoms with E-state index >= 15 is 0 Å². The summed E-state index contributed by atoms with van der Waals surface area (Å²) in [4.78, 5) is 0. The Bertz CT molecular complexity index is 645. The Balaban J connectivity index is 2.25. The van der Waals surface area contributed by atoms with Gasteiger partial charge < -0.3 is 5.32 Å². The number of benzene rings is 2. The van der Waals surface area contributed by atoms with Crippen molar-refractivity contribution in [3.05, 3.63) is 68.4 Å². The van der Waals surface area contributed by atoms with E-state index in [1.807, 2.05) is 38.1 Å². The molecule has 0 aromatic heterocycles. The molecular formula is C16H15Cl3FN. The summed E-state index contributed by atoms with van der Waals surface area (Å²) in [7, 11) is 0. The minimum atomic E-state index is -0.477. The van der Waals surface area contributed by atoms with Gasteiger partial charge in [0.15, 0.2) is 0 Å². The van der Waals surface area contributed by atoms with Crippen molar-refractivity contribution in [2.75, 3.05) is 0 Å². The zero-order valence-corrected chi connectivity index (χ0v) is 13.9. The molecule has 0 fully saturated rings. The maximum absolute atomic E-state index is 13.6. The molecular weight excluding hydrogens is 332 g/mol. The second-order valence-electron chi connectivity index (χ2n) is 4.89. The summed E-state index contributed by atoms with van der Waals surface area (Å²) in [6.45, 7) is 3.87. The predicted molar refractivity (Wildman–Crippen MR) is 87.8 cm³/mol. The first kappa shape index (κ1) is 16.6. The molecule has 0 aliphatic carbocycles. The Morgan fingerprint density at radius 3 is 2.24 bits per heavy atom. The van der Waals surface area contributed by atoms with Crippen LogP contribution in [-0.2, 0) is 0 Å². The molecule has 2 aromatic rings. The van der Waals surface area contributed by atoms with E-state index in [2.05, 4.69) is 5.32 Å². The first-order valence-corrected chi connectivity index (χ1v) is 7.69. The normalized spacial score (nSPS) is 14.0. The molecule has 0 aliphatic heterocycles. The molecule has 0 spiro atoms. The second-order valence-corrected chi connectivity index (χ2v) is 6.08. The van der Waals surface area contributed by atoms with E-state index in [0.29, 0.717) is 15.6 Å². The molecule has 1 N–H and O–H groups in total. The van der Waals surface area contributed by atoms with Crippen LogP contribution in [0.3, 0.4) is 0 Å². The van der Waals surface area contributed by atoms with Crippen LogP contribution in [-0.4, -0.2) is 0 Å². The van der Waals surface area contributed by atoms with Crippen molar-refractivity contribution in [2.45, 2.75) is 25.9 Å². The van der Waals surface area contributed by atoms with E-state index in [0.717, 1.165) is 5.56 Å². The molecule has 0 saturated heterocycles. The van der Waals surface area contributed by atoms with Gasteiger partial charge in [0.25, 0.3) is 0 Å². The van der Waals surface area contributed by atoms with Crippen LogP contribution in [0.15, 0.2) is 36.4 Å². The van der Waals surface area contributed by atoms with Crippen LogP contribution in [0.5, 0.6) is 0 Å². The van der Waals surface area contributed by atoms with Gasteiger partial charge in [0.2, 0.25) is 0 Å². The highest BCUT2D eigenvalue weighted by molar-refractivity contribution is 6.36. The van der Waals surface area contributed by atoms with Gasteiger partial charge in [0, 0.05) is 27.7 Å². The number of hydrogen-bond donors (Lipinski definition) is 1. The molecule has 0 amide bonds. The van der Waals surface area contributed by atoms with Gasteiger partial charge >= 0.3 is 0 Å². The van der Waals surface area contributed by atoms with E-state index in [-0.39, 0.29) is 17.1 Å². The Labute approximate surface area is 139 Å². The average Bonchev–Trinajstić information content (AvgIpc) is 2.43. The molecule has 1 nitrogen and oxygen atoms in total. The summed E-state index contributed by atoms with van der Waals surface area (Å²) >= 11 is 18.4. The first-order valence-electron chi connectivity index (χ1n) is 6.55. The lowest BCUT2D eigenvalue weighted by molar-refractivity contribution is 0.492. The van der Waals surface area contributed by atoms with Crippen LogP contribution >= 0.6 is 34.8 Å². The Morgan fingerprint density at radius 1 is 0.905 bits per heavy atom. The van der Waals surface area contributed by atoms with Gasteiger partial charge in [-0.2, -0.15) is 0 Å². The van der Waals surface area contributed by atoms with Gasteiger partial charge in [0.1, 0.15) is 5.82 Å². The monoisotopic (exact) mass is 345 g/mol. The maximum atomic E-state index is 13.6. The van der Waals surface area contributed by atoms with Crippen molar-refractivity contribution >= 4 is 34.8 Å². The number of rotatable bonds is 4. The van der Waals surface area contributed by atoms with Crippen molar-refractivity contribution in [2.24, 2.45) is 0 Å². The Morgan fingerprint density at radius 2 is 1.57 bits per heavy atom. The Kier molecular flexibility index (Phi) is 5.50. The highest BCUT2D eigenvalue weighted by Crippen LogP contribution is 2.34. The zero-order chi connectivity index (χ0) is 15.6. The fourth-order valence-corrected chi connectivity index (χ4v) is 3.31. The third-order valence-electron chi connectivity index (χ3n) is 3.38. The molecule has 2 unspecified atom stereocenters. The quantitative estimate of drug-likeness (QED) is 0.650. The summed E-state index contributed by atoms with van der Waals surface area (Å²) < 4.78 is 13.6. The van der Waals surface area contributed by atoms with Gasteiger partial charge in [-0.25, -0.2) is 4.39 Å². The molecule has 0 bridgehead atoms. The van der Waals surface area contributed by atoms with Gasteiger partial charge in [0.05, 0.1) is 5.02 Å². The van der Waals surface area contributed by atoms with E-state index in [1.54, 1.807) is 0 Å². The van der Waals surface area contributed by atoms with E-state index in [1.165, 1.54) is 12.1 Å². The number of hydrogen-bond acceptors (Lipinski definition) is 1. The van der Waals surface area contributed by atoms with Crippen LogP contribution in [0.4, 0.5) is 4.39 Å². The SMILES string of the molecule is CC(NC(C)c1c(Cl)ccc(F)c1Cl)c1ccccc1Cl. The molecule has 2 atom stereocenters. The summed E-state index contributed by atoms with van der Waals surface area (Å²) in [5.41, 5.74) is 1.52. The van der Waals surface area contributed by atoms with Gasteiger partial charge in [-0.15, -0.1) is 0 Å². The molecule has 2 aromatic carbocycles. The minimum Gasteiger partial charge on any atom is -0.303 e. The third-order valence-corrected chi connectivity index (χ3v) is 4.44. The van der Waals surface area contributed by atoms with E-state index in [9.17, 15) is 4.39 Å². The molecule has 0 saturated carbocycles. The molecule has 2 rings (SSSR count). The van der Waals surface area contributed by atoms with Crippen molar-refractivity contribution in [1.82, 2.24) is 5.32 Å². The Hall–Kier alpha value is -0.800. The van der Waals surface area contributed by atoms with Crippen LogP contribution in [0, 0.1) is 5.82 Å². The molecule has 0 radical (unpaired) electrons. The third kappa shape index (κ3) is 3.70. The largest absolute Gasteiger partial charge is 0.303 e. The first-order chi connectivity index (χ1) is 9.91. The lowest BCUT2D eigenvalue weighted by Crippen LogP contribution is -2.23. The molecule has 0 aliphatic rings. The van der Waals surface area contributed by atoms with E-state index in [4.69, 9.17) is 34.8 Å². The highest BCUT2D eigenvalue weighted by Gasteiger charge is 2.19. The van der Waals surface area contributed by atoms with Gasteiger partial charge in [-0.05, 0) is 37.6 Å². The van der Waals surface area contributed by atoms with Crippen molar-refractivity contribution < 1.29 is 4.39 Å². The average molecular weight is 347 g/mol. The summed E-state index contributed by atoms with van der Waals surface area (Å²) in [5.74, 6) is -0.477. The van der Waals surface area contributed by atoms with E-state index < -0.39 is 5.82 Å². The smallest absolute Gasteiger partial charge is 0.142 e. The summed E-state index contributed by atoms with van der Waals surface area (Å²) in [5, 5.41) is 4.51. The molecule has 5 heteroatoms. The van der Waals surface area contributed by atoms with Gasteiger partial charge in [-0.3, -0.25) is 0 Å². The van der Waals surface area contributed by atoms with Crippen LogP contribution in [0.2, 0.25) is 15.1 Å². The summed E-state index contributed by atoms with van der Waals surface area (Å²) in [6.07, 6.45) is 0. The fraction of sp³-hybridized carbons (Fsp3) is 0.250. The topological polar surface area (TPSA) is 12.0 Å². The maximum Gasteiger partial charge on any atom is 0.142 e. The fourth-order valence-electron chi connectivity index (χ4n) is 2.31. The highest BCUT2D eigenvalue weighted by atomic mass is 35.5. The lowest BCUT2D eigenvalue weighted by atomic mass is 10.0. The van der Waals surface area contributed by atoms with Crippen LogP contribution in [0.25, 0.3) is 0 Å².